The van der Waals surface area contributed by atoms with Crippen LogP contribution in [0.5, 0.6) is 0 Å². The lowest BCUT2D eigenvalue weighted by molar-refractivity contribution is -0.0634. The first kappa shape index (κ1) is 12.3. The van der Waals surface area contributed by atoms with Crippen molar-refractivity contribution in [2.45, 2.75) is 43.9 Å². The van der Waals surface area contributed by atoms with Gasteiger partial charge in [0.25, 0.3) is 0 Å². The number of aliphatic hydroxyl groups excluding tert-OH is 1. The van der Waals surface area contributed by atoms with Crippen molar-refractivity contribution in [3.8, 4) is 0 Å². The Morgan fingerprint density at radius 1 is 1.31 bits per heavy atom. The number of ether oxygens (including phenoxy) is 2. The summed E-state index contributed by atoms with van der Waals surface area (Å²) in [6, 6.07) is 0.706. The van der Waals surface area contributed by atoms with E-state index in [0.717, 1.165) is 32.6 Å². The Bertz CT molecular complexity index is 202. The monoisotopic (exact) mass is 229 g/mol. The molecule has 0 aromatic heterocycles. The van der Waals surface area contributed by atoms with Crippen LogP contribution in [-0.2, 0) is 9.47 Å². The molecule has 0 aromatic carbocycles. The normalized spacial score (nSPS) is 24.9. The van der Waals surface area contributed by atoms with Crippen LogP contribution in [0.3, 0.4) is 0 Å². The minimum Gasteiger partial charge on any atom is -0.389 e. The summed E-state index contributed by atoms with van der Waals surface area (Å²) in [6.45, 7) is 2.78. The minimum atomic E-state index is -0.353. The van der Waals surface area contributed by atoms with Gasteiger partial charge >= 0.3 is 0 Å². The molecule has 0 bridgehead atoms. The predicted octanol–water partition coefficient (Wildman–Crippen LogP) is 0.637. The molecule has 1 aliphatic carbocycles. The molecular weight excluding hydrogens is 206 g/mol. The maximum Gasteiger partial charge on any atom is 0.0900 e. The lowest BCUT2D eigenvalue weighted by atomic mass is 10.1. The third kappa shape index (κ3) is 4.01. The zero-order valence-electron chi connectivity index (χ0n) is 10.1. The highest BCUT2D eigenvalue weighted by Gasteiger charge is 2.27. The number of likely N-dealkylation sites (N-methyl/N-ethyl adjacent to an activating group) is 1. The van der Waals surface area contributed by atoms with Gasteiger partial charge in [-0.15, -0.1) is 0 Å². The van der Waals surface area contributed by atoms with E-state index in [0.29, 0.717) is 12.6 Å². The second kappa shape index (κ2) is 5.96. The molecule has 0 amide bonds. The van der Waals surface area contributed by atoms with E-state index in [9.17, 15) is 5.11 Å². The molecule has 1 saturated carbocycles. The third-order valence-electron chi connectivity index (χ3n) is 3.36. The zero-order chi connectivity index (χ0) is 11.4. The largest absolute Gasteiger partial charge is 0.389 e. The molecule has 2 fully saturated rings. The first-order chi connectivity index (χ1) is 7.75. The fourth-order valence-electron chi connectivity index (χ4n) is 2.14. The Labute approximate surface area is 97.5 Å². The minimum absolute atomic E-state index is 0.287. The van der Waals surface area contributed by atoms with Crippen LogP contribution in [0.1, 0.15) is 25.7 Å². The Morgan fingerprint density at radius 2 is 2.00 bits per heavy atom. The molecular formula is C12H23NO3. The number of nitrogens with zero attached hydrogens (tertiary/aromatic N) is 1. The number of hydrogen-bond acceptors (Lipinski definition) is 4. The average molecular weight is 229 g/mol. The Kier molecular flexibility index (Phi) is 4.58. The van der Waals surface area contributed by atoms with E-state index in [-0.39, 0.29) is 12.2 Å². The second-order valence-corrected chi connectivity index (χ2v) is 4.97. The molecule has 0 aromatic rings. The van der Waals surface area contributed by atoms with Gasteiger partial charge in [-0.3, -0.25) is 0 Å². The summed E-state index contributed by atoms with van der Waals surface area (Å²) in [5.74, 6) is 0. The van der Waals surface area contributed by atoms with E-state index in [1.54, 1.807) is 0 Å². The fraction of sp³-hybridized carbons (Fsp3) is 1.00. The predicted molar refractivity (Wildman–Crippen MR) is 61.5 cm³/mol. The summed E-state index contributed by atoms with van der Waals surface area (Å²) < 4.78 is 10.9. The van der Waals surface area contributed by atoms with Gasteiger partial charge in [0.15, 0.2) is 0 Å². The van der Waals surface area contributed by atoms with Crippen molar-refractivity contribution in [1.29, 1.82) is 0 Å². The Morgan fingerprint density at radius 3 is 2.62 bits per heavy atom. The van der Waals surface area contributed by atoms with E-state index >= 15 is 0 Å². The van der Waals surface area contributed by atoms with Gasteiger partial charge in [-0.25, -0.2) is 0 Å². The first-order valence-electron chi connectivity index (χ1n) is 6.33. The SMILES string of the molecule is CN(CC(O)COC1CCOCC1)C1CC1. The van der Waals surface area contributed by atoms with Crippen LogP contribution >= 0.6 is 0 Å². The molecule has 1 heterocycles. The Hall–Kier alpha value is -0.160. The van der Waals surface area contributed by atoms with E-state index in [2.05, 4.69) is 11.9 Å². The summed E-state index contributed by atoms with van der Waals surface area (Å²) in [7, 11) is 2.08. The van der Waals surface area contributed by atoms with E-state index in [4.69, 9.17) is 9.47 Å². The van der Waals surface area contributed by atoms with Crippen molar-refractivity contribution in [3.05, 3.63) is 0 Å². The zero-order valence-corrected chi connectivity index (χ0v) is 10.1. The molecule has 1 aliphatic heterocycles. The standard InChI is InChI=1S/C12H23NO3/c1-13(10-2-3-10)8-11(14)9-16-12-4-6-15-7-5-12/h10-12,14H,2-9H2,1H3. The van der Waals surface area contributed by atoms with Gasteiger partial charge in [-0.05, 0) is 32.7 Å². The van der Waals surface area contributed by atoms with Crippen LogP contribution in [0.2, 0.25) is 0 Å². The van der Waals surface area contributed by atoms with Crippen LogP contribution < -0.4 is 0 Å². The summed E-state index contributed by atoms with van der Waals surface area (Å²) in [4.78, 5) is 2.23. The lowest BCUT2D eigenvalue weighted by Crippen LogP contribution is -2.35. The van der Waals surface area contributed by atoms with Crippen molar-refractivity contribution in [2.75, 3.05) is 33.4 Å². The van der Waals surface area contributed by atoms with Crippen molar-refractivity contribution >= 4 is 0 Å². The average Bonchev–Trinajstić information content (AvgIpc) is 3.11. The summed E-state index contributed by atoms with van der Waals surface area (Å²) in [6.07, 6.45) is 4.42. The smallest absolute Gasteiger partial charge is 0.0900 e. The van der Waals surface area contributed by atoms with Crippen molar-refractivity contribution < 1.29 is 14.6 Å². The lowest BCUT2D eigenvalue weighted by Gasteiger charge is -2.25. The van der Waals surface area contributed by atoms with Crippen LogP contribution in [0.4, 0.5) is 0 Å². The number of hydrogen-bond donors (Lipinski definition) is 1. The third-order valence-corrected chi connectivity index (χ3v) is 3.36. The molecule has 1 atom stereocenters. The van der Waals surface area contributed by atoms with Crippen LogP contribution in [0, 0.1) is 0 Å². The molecule has 1 unspecified atom stereocenters. The molecule has 0 radical (unpaired) electrons. The Balaban J connectivity index is 1.57. The van der Waals surface area contributed by atoms with Crippen molar-refractivity contribution in [2.24, 2.45) is 0 Å². The highest BCUT2D eigenvalue weighted by Crippen LogP contribution is 2.25. The molecule has 0 spiro atoms. The highest BCUT2D eigenvalue weighted by molar-refractivity contribution is 4.83. The van der Waals surface area contributed by atoms with E-state index in [1.165, 1.54) is 12.8 Å². The highest BCUT2D eigenvalue weighted by atomic mass is 16.5. The maximum atomic E-state index is 9.83. The molecule has 16 heavy (non-hydrogen) atoms. The van der Waals surface area contributed by atoms with E-state index in [1.807, 2.05) is 0 Å². The molecule has 4 nitrogen and oxygen atoms in total. The van der Waals surface area contributed by atoms with Crippen LogP contribution in [0.25, 0.3) is 0 Å². The van der Waals surface area contributed by atoms with Gasteiger partial charge in [-0.1, -0.05) is 0 Å². The first-order valence-corrected chi connectivity index (χ1v) is 6.33. The van der Waals surface area contributed by atoms with Crippen LogP contribution in [0.15, 0.2) is 0 Å². The van der Waals surface area contributed by atoms with Gasteiger partial charge in [-0.2, -0.15) is 0 Å². The number of rotatable bonds is 6. The van der Waals surface area contributed by atoms with Crippen LogP contribution in [-0.4, -0.2) is 61.7 Å². The molecule has 1 N–H and O–H groups in total. The fourth-order valence-corrected chi connectivity index (χ4v) is 2.14. The van der Waals surface area contributed by atoms with Gasteiger partial charge in [0, 0.05) is 25.8 Å². The molecule has 2 aliphatic rings. The topological polar surface area (TPSA) is 41.9 Å². The number of aliphatic hydroxyl groups is 1. The van der Waals surface area contributed by atoms with Gasteiger partial charge in [0.2, 0.25) is 0 Å². The molecule has 94 valence electrons. The van der Waals surface area contributed by atoms with Gasteiger partial charge < -0.3 is 19.5 Å². The quantitative estimate of drug-likeness (QED) is 0.725. The van der Waals surface area contributed by atoms with Crippen molar-refractivity contribution in [3.63, 3.8) is 0 Å². The van der Waals surface area contributed by atoms with Gasteiger partial charge in [0.05, 0.1) is 18.8 Å². The molecule has 4 heteroatoms. The summed E-state index contributed by atoms with van der Waals surface area (Å²) in [5, 5.41) is 9.83. The summed E-state index contributed by atoms with van der Waals surface area (Å²) >= 11 is 0. The molecule has 2 rings (SSSR count). The van der Waals surface area contributed by atoms with Gasteiger partial charge in [0.1, 0.15) is 0 Å². The van der Waals surface area contributed by atoms with E-state index < -0.39 is 0 Å². The second-order valence-electron chi connectivity index (χ2n) is 4.97. The maximum absolute atomic E-state index is 9.83. The van der Waals surface area contributed by atoms with Crippen molar-refractivity contribution in [1.82, 2.24) is 4.90 Å². The summed E-state index contributed by atoms with van der Waals surface area (Å²) in [5.41, 5.74) is 0. The molecule has 1 saturated heterocycles.